The third kappa shape index (κ3) is 4.74. The summed E-state index contributed by atoms with van der Waals surface area (Å²) < 4.78 is 5.12. The Kier molecular flexibility index (Phi) is 5.43. The Balaban J connectivity index is 2.22. The van der Waals surface area contributed by atoms with Crippen LogP contribution >= 0.6 is 0 Å². The van der Waals surface area contributed by atoms with Crippen molar-refractivity contribution in [3.05, 3.63) is 0 Å². The van der Waals surface area contributed by atoms with E-state index in [0.29, 0.717) is 13.2 Å². The van der Waals surface area contributed by atoms with Gasteiger partial charge in [-0.25, -0.2) is 0 Å². The standard InChI is InChI=1S/C13H22N2O2/c1-3-4-9-17-12(16)10-15-7-5-13(2,11-14)6-8-15/h3-10H2,1-2H3. The number of hydrogen-bond acceptors (Lipinski definition) is 4. The molecule has 1 aliphatic heterocycles. The highest BCUT2D eigenvalue weighted by molar-refractivity contribution is 5.71. The molecule has 0 N–H and O–H groups in total. The Labute approximate surface area is 104 Å². The Morgan fingerprint density at radius 3 is 2.65 bits per heavy atom. The van der Waals surface area contributed by atoms with E-state index in [1.807, 2.05) is 6.92 Å². The molecule has 0 atom stereocenters. The summed E-state index contributed by atoms with van der Waals surface area (Å²) in [7, 11) is 0. The Hall–Kier alpha value is -1.08. The van der Waals surface area contributed by atoms with Gasteiger partial charge in [-0.3, -0.25) is 9.69 Å². The fourth-order valence-corrected chi connectivity index (χ4v) is 1.88. The van der Waals surface area contributed by atoms with E-state index in [-0.39, 0.29) is 11.4 Å². The second kappa shape index (κ2) is 6.61. The average Bonchev–Trinajstić information content (AvgIpc) is 2.33. The number of carbonyl (C=O) groups excluding carboxylic acids is 1. The zero-order chi connectivity index (χ0) is 12.7. The van der Waals surface area contributed by atoms with Crippen LogP contribution in [0.2, 0.25) is 0 Å². The summed E-state index contributed by atoms with van der Waals surface area (Å²) in [6, 6.07) is 2.35. The molecule has 0 spiro atoms. The molecule has 4 heteroatoms. The lowest BCUT2D eigenvalue weighted by atomic mass is 9.82. The van der Waals surface area contributed by atoms with E-state index in [1.54, 1.807) is 0 Å². The van der Waals surface area contributed by atoms with E-state index in [1.165, 1.54) is 0 Å². The van der Waals surface area contributed by atoms with Crippen molar-refractivity contribution in [2.75, 3.05) is 26.2 Å². The van der Waals surface area contributed by atoms with Crippen molar-refractivity contribution in [3.8, 4) is 6.07 Å². The first-order valence-electron chi connectivity index (χ1n) is 6.39. The molecule has 17 heavy (non-hydrogen) atoms. The highest BCUT2D eigenvalue weighted by atomic mass is 16.5. The molecule has 96 valence electrons. The smallest absolute Gasteiger partial charge is 0.320 e. The predicted molar refractivity (Wildman–Crippen MR) is 65.3 cm³/mol. The fourth-order valence-electron chi connectivity index (χ4n) is 1.88. The maximum atomic E-state index is 11.5. The fraction of sp³-hybridized carbons (Fsp3) is 0.846. The van der Waals surface area contributed by atoms with E-state index in [4.69, 9.17) is 10.00 Å². The number of unbranched alkanes of at least 4 members (excludes halogenated alkanes) is 1. The summed E-state index contributed by atoms with van der Waals surface area (Å²) in [6.07, 6.45) is 3.65. The van der Waals surface area contributed by atoms with Gasteiger partial charge in [0.2, 0.25) is 0 Å². The molecule has 0 amide bonds. The molecular weight excluding hydrogens is 216 g/mol. The van der Waals surface area contributed by atoms with Gasteiger partial charge in [0.05, 0.1) is 24.6 Å². The molecule has 1 rings (SSSR count). The minimum Gasteiger partial charge on any atom is -0.465 e. The van der Waals surface area contributed by atoms with Gasteiger partial charge >= 0.3 is 5.97 Å². The molecule has 1 aliphatic rings. The van der Waals surface area contributed by atoms with Gasteiger partial charge in [-0.05, 0) is 26.2 Å². The van der Waals surface area contributed by atoms with Crippen LogP contribution in [-0.2, 0) is 9.53 Å². The number of ether oxygens (including phenoxy) is 1. The monoisotopic (exact) mass is 238 g/mol. The van der Waals surface area contributed by atoms with Crippen LogP contribution in [0.25, 0.3) is 0 Å². The van der Waals surface area contributed by atoms with Crippen molar-refractivity contribution in [1.82, 2.24) is 4.90 Å². The topological polar surface area (TPSA) is 53.3 Å². The van der Waals surface area contributed by atoms with E-state index < -0.39 is 0 Å². The Morgan fingerprint density at radius 2 is 2.12 bits per heavy atom. The van der Waals surface area contributed by atoms with Gasteiger partial charge in [0.1, 0.15) is 0 Å². The molecule has 0 aromatic carbocycles. The van der Waals surface area contributed by atoms with E-state index in [2.05, 4.69) is 17.9 Å². The van der Waals surface area contributed by atoms with E-state index >= 15 is 0 Å². The van der Waals surface area contributed by atoms with E-state index in [0.717, 1.165) is 38.8 Å². The summed E-state index contributed by atoms with van der Waals surface area (Å²) >= 11 is 0. The summed E-state index contributed by atoms with van der Waals surface area (Å²) in [4.78, 5) is 13.6. The number of esters is 1. The number of piperidine rings is 1. The summed E-state index contributed by atoms with van der Waals surface area (Å²) in [5, 5.41) is 9.00. The molecule has 0 unspecified atom stereocenters. The number of nitriles is 1. The first-order valence-corrected chi connectivity index (χ1v) is 6.39. The van der Waals surface area contributed by atoms with Crippen LogP contribution < -0.4 is 0 Å². The van der Waals surface area contributed by atoms with Gasteiger partial charge in [0, 0.05) is 13.1 Å². The number of likely N-dealkylation sites (tertiary alicyclic amines) is 1. The predicted octanol–water partition coefficient (Wildman–Crippen LogP) is 1.96. The quantitative estimate of drug-likeness (QED) is 0.542. The van der Waals surface area contributed by atoms with Crippen LogP contribution in [0.1, 0.15) is 39.5 Å². The van der Waals surface area contributed by atoms with Gasteiger partial charge in [0.25, 0.3) is 0 Å². The maximum absolute atomic E-state index is 11.5. The number of carbonyl (C=O) groups is 1. The largest absolute Gasteiger partial charge is 0.465 e. The lowest BCUT2D eigenvalue weighted by Gasteiger charge is -2.34. The number of nitrogens with zero attached hydrogens (tertiary/aromatic N) is 2. The van der Waals surface area contributed by atoms with Crippen molar-refractivity contribution in [3.63, 3.8) is 0 Å². The van der Waals surface area contributed by atoms with Crippen molar-refractivity contribution in [1.29, 1.82) is 5.26 Å². The van der Waals surface area contributed by atoms with Crippen LogP contribution in [0.4, 0.5) is 0 Å². The third-order valence-corrected chi connectivity index (χ3v) is 3.34. The lowest BCUT2D eigenvalue weighted by molar-refractivity contribution is -0.145. The highest BCUT2D eigenvalue weighted by Gasteiger charge is 2.30. The third-order valence-electron chi connectivity index (χ3n) is 3.34. The zero-order valence-electron chi connectivity index (χ0n) is 10.9. The SMILES string of the molecule is CCCCOC(=O)CN1CCC(C)(C#N)CC1. The van der Waals surface area contributed by atoms with Crippen LogP contribution in [0.3, 0.4) is 0 Å². The van der Waals surface area contributed by atoms with Crippen molar-refractivity contribution in [2.45, 2.75) is 39.5 Å². The van der Waals surface area contributed by atoms with Crippen LogP contribution in [0, 0.1) is 16.7 Å². The average molecular weight is 238 g/mol. The molecule has 1 heterocycles. The maximum Gasteiger partial charge on any atom is 0.320 e. The summed E-state index contributed by atoms with van der Waals surface area (Å²) in [6.45, 7) is 6.58. The van der Waals surface area contributed by atoms with Crippen molar-refractivity contribution in [2.24, 2.45) is 5.41 Å². The zero-order valence-corrected chi connectivity index (χ0v) is 10.9. The Morgan fingerprint density at radius 1 is 1.47 bits per heavy atom. The molecular formula is C13H22N2O2. The molecule has 1 fully saturated rings. The lowest BCUT2D eigenvalue weighted by Crippen LogP contribution is -2.41. The first kappa shape index (κ1) is 14.0. The minimum absolute atomic E-state index is 0.140. The summed E-state index contributed by atoms with van der Waals surface area (Å²) in [5.74, 6) is -0.140. The van der Waals surface area contributed by atoms with Gasteiger partial charge < -0.3 is 4.74 Å². The van der Waals surface area contributed by atoms with Crippen LogP contribution in [-0.4, -0.2) is 37.1 Å². The van der Waals surface area contributed by atoms with Gasteiger partial charge in [-0.1, -0.05) is 13.3 Å². The van der Waals surface area contributed by atoms with Crippen molar-refractivity contribution < 1.29 is 9.53 Å². The second-order valence-corrected chi connectivity index (χ2v) is 5.02. The van der Waals surface area contributed by atoms with Gasteiger partial charge in [-0.2, -0.15) is 5.26 Å². The molecule has 0 saturated carbocycles. The summed E-state index contributed by atoms with van der Waals surface area (Å²) in [5.41, 5.74) is -0.206. The van der Waals surface area contributed by atoms with Crippen LogP contribution in [0.5, 0.6) is 0 Å². The number of rotatable bonds is 5. The van der Waals surface area contributed by atoms with Crippen molar-refractivity contribution >= 4 is 5.97 Å². The van der Waals surface area contributed by atoms with E-state index in [9.17, 15) is 4.79 Å². The Bertz CT molecular complexity index is 288. The van der Waals surface area contributed by atoms with Crippen LogP contribution in [0.15, 0.2) is 0 Å². The highest BCUT2D eigenvalue weighted by Crippen LogP contribution is 2.29. The number of hydrogen-bond donors (Lipinski definition) is 0. The molecule has 0 aromatic heterocycles. The molecule has 0 aliphatic carbocycles. The first-order chi connectivity index (χ1) is 8.09. The normalized spacial score (nSPS) is 19.6. The second-order valence-electron chi connectivity index (χ2n) is 5.02. The minimum atomic E-state index is -0.206. The molecule has 0 radical (unpaired) electrons. The molecule has 4 nitrogen and oxygen atoms in total. The molecule has 1 saturated heterocycles. The molecule has 0 bridgehead atoms. The van der Waals surface area contributed by atoms with Gasteiger partial charge in [-0.15, -0.1) is 0 Å². The van der Waals surface area contributed by atoms with Gasteiger partial charge in [0.15, 0.2) is 0 Å². The molecule has 0 aromatic rings.